The van der Waals surface area contributed by atoms with Crippen molar-refractivity contribution < 1.29 is 105 Å². The summed E-state index contributed by atoms with van der Waals surface area (Å²) in [6.07, 6.45) is -38.3. The Hall–Kier alpha value is -3.89. The number of carbonyl (C=O) groups is 5. The van der Waals surface area contributed by atoms with Crippen LogP contribution in [-0.4, -0.2) is 97.8 Å². The second-order valence-electron chi connectivity index (χ2n) is 11.4. The minimum Gasteiger partial charge on any atom is -0.456 e. The zero-order valence-electron chi connectivity index (χ0n) is 25.8. The first kappa shape index (κ1) is 42.3. The third-order valence-electron chi connectivity index (χ3n) is 6.79. The monoisotopic (exact) mass is 754 g/mol. The van der Waals surface area contributed by atoms with Crippen LogP contribution in [0.15, 0.2) is 23.3 Å². The van der Waals surface area contributed by atoms with Gasteiger partial charge in [0.2, 0.25) is 0 Å². The Bertz CT molecular complexity index is 1380. The molecular weight excluding hydrogens is 728 g/mol. The third-order valence-corrected chi connectivity index (χ3v) is 6.79. The highest BCUT2D eigenvalue weighted by molar-refractivity contribution is 5.93. The van der Waals surface area contributed by atoms with Gasteiger partial charge in [0, 0.05) is 6.42 Å². The Morgan fingerprint density at radius 2 is 1.24 bits per heavy atom. The van der Waals surface area contributed by atoms with Crippen molar-refractivity contribution in [2.45, 2.75) is 102 Å². The molecule has 2 rings (SSSR count). The van der Waals surface area contributed by atoms with Gasteiger partial charge in [0.15, 0.2) is 30.4 Å². The molecule has 0 aromatic heterocycles. The van der Waals surface area contributed by atoms with Gasteiger partial charge < -0.3 is 28.4 Å². The molecule has 0 radical (unpaired) electrons. The number of alkyl halides is 12. The van der Waals surface area contributed by atoms with E-state index in [4.69, 9.17) is 9.47 Å². The molecule has 2 aliphatic rings. The predicted molar refractivity (Wildman–Crippen MR) is 134 cm³/mol. The van der Waals surface area contributed by atoms with Crippen molar-refractivity contribution >= 4 is 29.7 Å². The van der Waals surface area contributed by atoms with Crippen LogP contribution in [0.1, 0.15) is 40.5 Å². The van der Waals surface area contributed by atoms with Crippen molar-refractivity contribution in [2.75, 3.05) is 6.61 Å². The smallest absolute Gasteiger partial charge is 0.456 e. The van der Waals surface area contributed by atoms with Gasteiger partial charge in [-0.2, -0.15) is 52.7 Å². The Balaban J connectivity index is 2.68. The summed E-state index contributed by atoms with van der Waals surface area (Å²) in [5.74, 6) is -13.3. The number of ketones is 1. The Morgan fingerprint density at radius 3 is 1.68 bits per heavy atom. The summed E-state index contributed by atoms with van der Waals surface area (Å²) in [5.41, 5.74) is 0.205. The highest BCUT2D eigenvalue weighted by Crippen LogP contribution is 2.40. The van der Waals surface area contributed by atoms with Crippen LogP contribution in [-0.2, 0) is 52.4 Å². The largest absolute Gasteiger partial charge is 0.490 e. The summed E-state index contributed by atoms with van der Waals surface area (Å²) < 4.78 is 183. The lowest BCUT2D eigenvalue weighted by Crippen LogP contribution is -2.64. The molecule has 0 aromatic rings. The summed E-state index contributed by atoms with van der Waals surface area (Å²) in [5, 5.41) is 0. The second kappa shape index (κ2) is 15.2. The zero-order chi connectivity index (χ0) is 38.8. The molecule has 11 nitrogen and oxygen atoms in total. The van der Waals surface area contributed by atoms with Crippen LogP contribution in [0.3, 0.4) is 0 Å². The number of hydrogen-bond donors (Lipinski definition) is 0. The maximum atomic E-state index is 13.2. The molecule has 0 bridgehead atoms. The average Bonchev–Trinajstić information content (AvgIpc) is 2.91. The van der Waals surface area contributed by atoms with E-state index in [1.807, 2.05) is 0 Å². The van der Waals surface area contributed by atoms with Crippen molar-refractivity contribution in [3.63, 3.8) is 0 Å². The van der Waals surface area contributed by atoms with E-state index < -0.39 is 97.4 Å². The van der Waals surface area contributed by atoms with E-state index in [0.29, 0.717) is 11.1 Å². The van der Waals surface area contributed by atoms with Crippen molar-refractivity contribution in [1.29, 1.82) is 0 Å². The number of rotatable bonds is 9. The van der Waals surface area contributed by atoms with Crippen molar-refractivity contribution in [1.82, 2.24) is 0 Å². The Morgan fingerprint density at radius 1 is 0.800 bits per heavy atom. The second-order valence-corrected chi connectivity index (χ2v) is 11.4. The minimum absolute atomic E-state index is 0.0230. The van der Waals surface area contributed by atoms with Crippen LogP contribution in [0, 0.1) is 5.41 Å². The average molecular weight is 754 g/mol. The first-order valence-corrected chi connectivity index (χ1v) is 13.8. The van der Waals surface area contributed by atoms with Crippen LogP contribution in [0.2, 0.25) is 0 Å². The fourth-order valence-corrected chi connectivity index (χ4v) is 4.78. The molecule has 0 spiro atoms. The third kappa shape index (κ3) is 11.3. The summed E-state index contributed by atoms with van der Waals surface area (Å²) in [7, 11) is 0. The molecule has 6 atom stereocenters. The number of halogens is 12. The molecule has 1 fully saturated rings. The molecular formula is C27H26F12O11. The van der Waals surface area contributed by atoms with Gasteiger partial charge in [-0.1, -0.05) is 19.9 Å². The molecule has 284 valence electrons. The van der Waals surface area contributed by atoms with E-state index >= 15 is 0 Å². The van der Waals surface area contributed by atoms with Gasteiger partial charge in [-0.15, -0.1) is 0 Å². The minimum atomic E-state index is -6.08. The van der Waals surface area contributed by atoms with Crippen molar-refractivity contribution in [2.24, 2.45) is 5.41 Å². The van der Waals surface area contributed by atoms with Gasteiger partial charge in [-0.3, -0.25) is 4.79 Å². The zero-order valence-corrected chi connectivity index (χ0v) is 25.8. The normalized spacial score (nSPS) is 26.1. The lowest BCUT2D eigenvalue weighted by atomic mass is 9.72. The van der Waals surface area contributed by atoms with Crippen molar-refractivity contribution in [3.05, 3.63) is 23.3 Å². The molecule has 0 aromatic carbocycles. The summed E-state index contributed by atoms with van der Waals surface area (Å²) in [4.78, 5) is 58.6. The Labute approximate surface area is 272 Å². The molecule has 1 aliphatic carbocycles. The highest BCUT2D eigenvalue weighted by atomic mass is 19.4. The number of hydrogen-bond acceptors (Lipinski definition) is 11. The van der Waals surface area contributed by atoms with E-state index in [9.17, 15) is 76.7 Å². The highest BCUT2D eigenvalue weighted by Gasteiger charge is 2.59. The van der Waals surface area contributed by atoms with Crippen molar-refractivity contribution in [3.8, 4) is 0 Å². The predicted octanol–water partition coefficient (Wildman–Crippen LogP) is 4.91. The molecule has 1 unspecified atom stereocenters. The first-order valence-electron chi connectivity index (χ1n) is 13.8. The molecule has 0 saturated carbocycles. The quantitative estimate of drug-likeness (QED) is 0.180. The summed E-state index contributed by atoms with van der Waals surface area (Å²) in [6.45, 7) is 4.02. The van der Waals surface area contributed by atoms with Gasteiger partial charge in [0.1, 0.15) is 12.7 Å². The maximum Gasteiger partial charge on any atom is 0.490 e. The van der Waals surface area contributed by atoms with Crippen LogP contribution in [0.4, 0.5) is 52.7 Å². The van der Waals surface area contributed by atoms with Gasteiger partial charge in [0.25, 0.3) is 0 Å². The lowest BCUT2D eigenvalue weighted by Gasteiger charge is -2.44. The molecule has 1 aliphatic heterocycles. The molecule has 1 heterocycles. The number of allylic oxidation sites excluding steroid dienone is 3. The van der Waals surface area contributed by atoms with Gasteiger partial charge in [0.05, 0.1) is 6.10 Å². The molecule has 23 heteroatoms. The van der Waals surface area contributed by atoms with E-state index in [1.165, 1.54) is 12.2 Å². The first-order chi connectivity index (χ1) is 22.4. The van der Waals surface area contributed by atoms with E-state index in [-0.39, 0.29) is 18.6 Å². The van der Waals surface area contributed by atoms with E-state index in [0.717, 1.165) is 6.92 Å². The Kier molecular flexibility index (Phi) is 12.8. The SMILES string of the molecule is CC1=CC(=O)CC(C)(C)/C1=C/CC(C)O[C@H]1O[C@@H](COC(=O)C(F)(F)F)[C@H](OC(=O)C(F)(F)F)[C@@H](OC(=O)C(F)(F)F)[C@@H]1OC(=O)C(F)(F)F. The summed E-state index contributed by atoms with van der Waals surface area (Å²) in [6, 6.07) is 0. The van der Waals surface area contributed by atoms with Crippen LogP contribution >= 0.6 is 0 Å². The van der Waals surface area contributed by atoms with E-state index in [2.05, 4.69) is 18.9 Å². The van der Waals surface area contributed by atoms with E-state index in [1.54, 1.807) is 20.8 Å². The molecule has 0 amide bonds. The standard InChI is InChI=1S/C27H26F12O11/c1-10-7-12(40)8-23(3,4)13(10)6-5-11(2)46-18-17(50-22(44)27(37,38)39)16(49-21(43)26(34,35)36)15(48-20(42)25(31,32)33)14(47-18)9-45-19(41)24(28,29)30/h6-7,11,14-18H,5,8-9H2,1-4H3/b13-6+/t11?,14-,15-,16+,17-,18-/m0/s1. The number of carbonyl (C=O) groups excluding carboxylic acids is 5. The number of esters is 4. The molecule has 50 heavy (non-hydrogen) atoms. The van der Waals surface area contributed by atoms with Gasteiger partial charge in [-0.25, -0.2) is 19.2 Å². The summed E-state index contributed by atoms with van der Waals surface area (Å²) >= 11 is 0. The fourth-order valence-electron chi connectivity index (χ4n) is 4.78. The van der Waals surface area contributed by atoms with Gasteiger partial charge >= 0.3 is 48.6 Å². The fraction of sp³-hybridized carbons (Fsp3) is 0.667. The molecule has 0 N–H and O–H groups in total. The molecule has 1 saturated heterocycles. The maximum absolute atomic E-state index is 13.2. The van der Waals surface area contributed by atoms with Crippen LogP contribution < -0.4 is 0 Å². The topological polar surface area (TPSA) is 141 Å². The van der Waals surface area contributed by atoms with Gasteiger partial charge in [-0.05, 0) is 42.9 Å². The van der Waals surface area contributed by atoms with Crippen LogP contribution in [0.25, 0.3) is 0 Å². The number of ether oxygens (including phenoxy) is 6. The lowest BCUT2D eigenvalue weighted by molar-refractivity contribution is -0.327. The van der Waals surface area contributed by atoms with Crippen LogP contribution in [0.5, 0.6) is 0 Å².